The summed E-state index contributed by atoms with van der Waals surface area (Å²) in [5, 5.41) is 6.93. The van der Waals surface area contributed by atoms with Gasteiger partial charge in [-0.15, -0.1) is 0 Å². The Kier molecular flexibility index (Phi) is 5.82. The van der Waals surface area contributed by atoms with Crippen LogP contribution in [0, 0.1) is 5.92 Å². The van der Waals surface area contributed by atoms with Gasteiger partial charge in [0.25, 0.3) is 0 Å². The first kappa shape index (κ1) is 10.4. The van der Waals surface area contributed by atoms with Gasteiger partial charge in [0.2, 0.25) is 0 Å². The summed E-state index contributed by atoms with van der Waals surface area (Å²) in [5.41, 5.74) is 0. The van der Waals surface area contributed by atoms with E-state index in [4.69, 9.17) is 0 Å². The first-order valence-corrected chi connectivity index (χ1v) is 6.23. The van der Waals surface area contributed by atoms with Crippen molar-refractivity contribution in [1.82, 2.24) is 10.6 Å². The Morgan fingerprint density at radius 2 is 2.50 bits per heavy atom. The fourth-order valence-corrected chi connectivity index (χ4v) is 1.93. The zero-order chi connectivity index (χ0) is 8.65. The number of piperidine rings is 1. The van der Waals surface area contributed by atoms with Gasteiger partial charge in [0, 0.05) is 12.3 Å². The summed E-state index contributed by atoms with van der Waals surface area (Å²) < 4.78 is 0. The van der Waals surface area contributed by atoms with E-state index in [-0.39, 0.29) is 0 Å². The van der Waals surface area contributed by atoms with Crippen LogP contribution in [0.4, 0.5) is 0 Å². The van der Waals surface area contributed by atoms with Crippen molar-refractivity contribution in [2.24, 2.45) is 5.92 Å². The highest BCUT2D eigenvalue weighted by atomic mass is 32.2. The van der Waals surface area contributed by atoms with E-state index in [2.05, 4.69) is 16.9 Å². The van der Waals surface area contributed by atoms with E-state index in [0.29, 0.717) is 0 Å². The quantitative estimate of drug-likeness (QED) is 0.628. The van der Waals surface area contributed by atoms with Gasteiger partial charge in [-0.2, -0.15) is 11.8 Å². The van der Waals surface area contributed by atoms with Gasteiger partial charge in [0.05, 0.1) is 0 Å². The van der Waals surface area contributed by atoms with Crippen LogP contribution in [0.2, 0.25) is 0 Å². The van der Waals surface area contributed by atoms with Crippen molar-refractivity contribution >= 4 is 11.8 Å². The molecule has 0 radical (unpaired) electrons. The summed E-state index contributed by atoms with van der Waals surface area (Å²) in [5.74, 6) is 2.11. The molecule has 2 N–H and O–H groups in total. The second kappa shape index (κ2) is 6.75. The van der Waals surface area contributed by atoms with Gasteiger partial charge in [-0.3, -0.25) is 0 Å². The van der Waals surface area contributed by atoms with Crippen LogP contribution in [-0.2, 0) is 0 Å². The standard InChI is InChI=1S/C9H20N2S/c1-12-6-5-11-8-9-3-2-4-10-7-9/h9-11H,2-8H2,1H3. The van der Waals surface area contributed by atoms with E-state index < -0.39 is 0 Å². The normalized spacial score (nSPS) is 24.2. The molecule has 0 aromatic heterocycles. The molecule has 1 saturated heterocycles. The van der Waals surface area contributed by atoms with Crippen molar-refractivity contribution in [3.8, 4) is 0 Å². The van der Waals surface area contributed by atoms with E-state index in [9.17, 15) is 0 Å². The van der Waals surface area contributed by atoms with Crippen LogP contribution in [0.15, 0.2) is 0 Å². The van der Waals surface area contributed by atoms with E-state index >= 15 is 0 Å². The minimum absolute atomic E-state index is 0.876. The lowest BCUT2D eigenvalue weighted by atomic mass is 10.00. The number of rotatable bonds is 5. The minimum atomic E-state index is 0.876. The van der Waals surface area contributed by atoms with Gasteiger partial charge in [0.1, 0.15) is 0 Å². The molecule has 0 spiro atoms. The molecule has 1 aliphatic rings. The lowest BCUT2D eigenvalue weighted by Gasteiger charge is -2.22. The molecular weight excluding hydrogens is 168 g/mol. The Labute approximate surface area is 79.9 Å². The van der Waals surface area contributed by atoms with Crippen LogP contribution >= 0.6 is 11.8 Å². The van der Waals surface area contributed by atoms with Crippen molar-refractivity contribution in [1.29, 1.82) is 0 Å². The third-order valence-electron chi connectivity index (χ3n) is 2.31. The molecule has 0 aliphatic carbocycles. The Hall–Kier alpha value is 0.270. The maximum Gasteiger partial charge on any atom is 0.00553 e. The number of thioether (sulfide) groups is 1. The fourth-order valence-electron chi connectivity index (χ4n) is 1.58. The average molecular weight is 188 g/mol. The Morgan fingerprint density at radius 3 is 3.17 bits per heavy atom. The van der Waals surface area contributed by atoms with Crippen molar-refractivity contribution in [2.75, 3.05) is 38.2 Å². The Balaban J connectivity index is 1.91. The van der Waals surface area contributed by atoms with Gasteiger partial charge in [-0.25, -0.2) is 0 Å². The summed E-state index contributed by atoms with van der Waals surface area (Å²) in [4.78, 5) is 0. The number of hydrogen-bond acceptors (Lipinski definition) is 3. The lowest BCUT2D eigenvalue weighted by Crippen LogP contribution is -2.36. The largest absolute Gasteiger partial charge is 0.316 e. The summed E-state index contributed by atoms with van der Waals surface area (Å²) in [6, 6.07) is 0. The van der Waals surface area contributed by atoms with Crippen LogP contribution in [-0.4, -0.2) is 38.2 Å². The molecule has 72 valence electrons. The van der Waals surface area contributed by atoms with Gasteiger partial charge >= 0.3 is 0 Å². The van der Waals surface area contributed by atoms with Crippen molar-refractivity contribution in [2.45, 2.75) is 12.8 Å². The molecule has 1 rings (SSSR count). The van der Waals surface area contributed by atoms with Crippen LogP contribution in [0.3, 0.4) is 0 Å². The number of hydrogen-bond donors (Lipinski definition) is 2. The van der Waals surface area contributed by atoms with Gasteiger partial charge in [-0.05, 0) is 44.6 Å². The van der Waals surface area contributed by atoms with Crippen LogP contribution in [0.1, 0.15) is 12.8 Å². The second-order valence-corrected chi connectivity index (χ2v) is 4.39. The second-order valence-electron chi connectivity index (χ2n) is 3.41. The van der Waals surface area contributed by atoms with Gasteiger partial charge in [0.15, 0.2) is 0 Å². The highest BCUT2D eigenvalue weighted by Gasteiger charge is 2.11. The highest BCUT2D eigenvalue weighted by molar-refractivity contribution is 7.98. The molecule has 12 heavy (non-hydrogen) atoms. The predicted octanol–water partition coefficient (Wildman–Crippen LogP) is 0.939. The monoisotopic (exact) mass is 188 g/mol. The first-order chi connectivity index (χ1) is 5.93. The van der Waals surface area contributed by atoms with Crippen molar-refractivity contribution in [3.63, 3.8) is 0 Å². The molecule has 1 atom stereocenters. The molecule has 1 unspecified atom stereocenters. The third-order valence-corrected chi connectivity index (χ3v) is 2.93. The molecule has 0 amide bonds. The molecule has 3 heteroatoms. The Morgan fingerprint density at radius 1 is 1.58 bits per heavy atom. The molecule has 1 fully saturated rings. The Bertz CT molecular complexity index is 103. The summed E-state index contributed by atoms with van der Waals surface area (Å²) >= 11 is 1.91. The van der Waals surface area contributed by atoms with Crippen molar-refractivity contribution in [3.05, 3.63) is 0 Å². The third kappa shape index (κ3) is 4.33. The van der Waals surface area contributed by atoms with Crippen LogP contribution < -0.4 is 10.6 Å². The van der Waals surface area contributed by atoms with Gasteiger partial charge in [-0.1, -0.05) is 0 Å². The predicted molar refractivity (Wildman–Crippen MR) is 56.8 cm³/mol. The number of nitrogens with one attached hydrogen (secondary N) is 2. The topological polar surface area (TPSA) is 24.1 Å². The summed E-state index contributed by atoms with van der Waals surface area (Å²) in [6.07, 6.45) is 4.91. The van der Waals surface area contributed by atoms with Gasteiger partial charge < -0.3 is 10.6 Å². The van der Waals surface area contributed by atoms with Crippen LogP contribution in [0.5, 0.6) is 0 Å². The molecule has 0 saturated carbocycles. The van der Waals surface area contributed by atoms with Crippen LogP contribution in [0.25, 0.3) is 0 Å². The molecular formula is C9H20N2S. The molecule has 1 heterocycles. The minimum Gasteiger partial charge on any atom is -0.316 e. The summed E-state index contributed by atoms with van der Waals surface area (Å²) in [6.45, 7) is 4.80. The molecule has 2 nitrogen and oxygen atoms in total. The zero-order valence-electron chi connectivity index (χ0n) is 7.94. The maximum absolute atomic E-state index is 3.50. The summed E-state index contributed by atoms with van der Waals surface area (Å²) in [7, 11) is 0. The molecule has 0 bridgehead atoms. The van der Waals surface area contributed by atoms with E-state index in [1.807, 2.05) is 11.8 Å². The molecule has 0 aromatic rings. The first-order valence-electron chi connectivity index (χ1n) is 4.84. The SMILES string of the molecule is CSCCNCC1CCCNC1. The molecule has 0 aromatic carbocycles. The molecule has 1 aliphatic heterocycles. The highest BCUT2D eigenvalue weighted by Crippen LogP contribution is 2.07. The smallest absolute Gasteiger partial charge is 0.00553 e. The van der Waals surface area contributed by atoms with Crippen molar-refractivity contribution < 1.29 is 0 Å². The van der Waals surface area contributed by atoms with E-state index in [1.54, 1.807) is 0 Å². The average Bonchev–Trinajstić information content (AvgIpc) is 2.14. The fraction of sp³-hybridized carbons (Fsp3) is 1.00. The zero-order valence-corrected chi connectivity index (χ0v) is 8.75. The maximum atomic E-state index is 3.50. The van der Waals surface area contributed by atoms with E-state index in [0.717, 1.165) is 12.5 Å². The van der Waals surface area contributed by atoms with E-state index in [1.165, 1.54) is 38.2 Å². The lowest BCUT2D eigenvalue weighted by molar-refractivity contribution is 0.363.